The van der Waals surface area contributed by atoms with Crippen LogP contribution in [-0.2, 0) is 0 Å². The van der Waals surface area contributed by atoms with Crippen LogP contribution < -0.4 is 10.5 Å². The smallest absolute Gasteiger partial charge is 0.181 e. The predicted octanol–water partition coefficient (Wildman–Crippen LogP) is 2.37. The summed E-state index contributed by atoms with van der Waals surface area (Å²) in [4.78, 5) is 4.59. The summed E-state index contributed by atoms with van der Waals surface area (Å²) in [6.45, 7) is 4.15. The summed E-state index contributed by atoms with van der Waals surface area (Å²) in [6.07, 6.45) is 5.61. The normalized spacial score (nSPS) is 11.4. The van der Waals surface area contributed by atoms with Gasteiger partial charge in [-0.25, -0.2) is 4.98 Å². The van der Waals surface area contributed by atoms with Gasteiger partial charge < -0.3 is 10.5 Å². The van der Waals surface area contributed by atoms with E-state index >= 15 is 0 Å². The van der Waals surface area contributed by atoms with Crippen LogP contribution in [0.25, 0.3) is 16.9 Å². The average molecular weight is 271 g/mol. The highest BCUT2D eigenvalue weighted by molar-refractivity contribution is 5.76. The summed E-state index contributed by atoms with van der Waals surface area (Å²) < 4.78 is 9.02. The molecule has 3 aromatic rings. The minimum absolute atomic E-state index is 0.302. The predicted molar refractivity (Wildman–Crippen MR) is 77.8 cm³/mol. The molecule has 0 unspecified atom stereocenters. The average Bonchev–Trinajstić information content (AvgIpc) is 3.04. The van der Waals surface area contributed by atoms with Crippen molar-refractivity contribution in [1.29, 1.82) is 0 Å². The van der Waals surface area contributed by atoms with Crippen molar-refractivity contribution in [3.8, 4) is 17.0 Å². The largest absolute Gasteiger partial charge is 0.493 e. The number of methoxy groups -OCH3 is 1. The Kier molecular flexibility index (Phi) is 2.85. The van der Waals surface area contributed by atoms with Crippen LogP contribution in [0, 0.1) is 0 Å². The lowest BCUT2D eigenvalue weighted by Gasteiger charge is -2.02. The molecule has 2 N–H and O–H groups in total. The van der Waals surface area contributed by atoms with Gasteiger partial charge in [-0.15, -0.1) is 0 Å². The van der Waals surface area contributed by atoms with E-state index in [9.17, 15) is 0 Å². The second kappa shape index (κ2) is 4.56. The van der Waals surface area contributed by atoms with Crippen molar-refractivity contribution in [3.63, 3.8) is 0 Å². The van der Waals surface area contributed by atoms with E-state index in [1.54, 1.807) is 13.3 Å². The molecule has 0 spiro atoms. The number of nitrogens with two attached hydrogens (primary N) is 1. The number of hydrogen-bond donors (Lipinski definition) is 1. The van der Waals surface area contributed by atoms with Crippen LogP contribution in [0.3, 0.4) is 0 Å². The van der Waals surface area contributed by atoms with Crippen LogP contribution in [0.1, 0.15) is 19.9 Å². The van der Waals surface area contributed by atoms with Crippen LogP contribution in [-0.4, -0.2) is 26.3 Å². The van der Waals surface area contributed by atoms with Crippen LogP contribution in [0.2, 0.25) is 0 Å². The summed E-state index contributed by atoms with van der Waals surface area (Å²) >= 11 is 0. The summed E-state index contributed by atoms with van der Waals surface area (Å²) in [5.74, 6) is 1.28. The number of imidazole rings is 1. The Morgan fingerprint density at radius 1 is 1.35 bits per heavy atom. The van der Waals surface area contributed by atoms with Gasteiger partial charge in [0.05, 0.1) is 13.3 Å². The van der Waals surface area contributed by atoms with Gasteiger partial charge in [-0.3, -0.25) is 9.08 Å². The van der Waals surface area contributed by atoms with Crippen LogP contribution in [0.4, 0.5) is 5.82 Å². The molecule has 0 aromatic carbocycles. The van der Waals surface area contributed by atoms with Crippen molar-refractivity contribution >= 4 is 11.5 Å². The molecule has 20 heavy (non-hydrogen) atoms. The van der Waals surface area contributed by atoms with Gasteiger partial charge in [-0.2, -0.15) is 5.10 Å². The molecule has 6 heteroatoms. The molecule has 0 saturated heterocycles. The minimum Gasteiger partial charge on any atom is -0.493 e. The molecule has 3 heterocycles. The highest BCUT2D eigenvalue weighted by Crippen LogP contribution is 2.30. The standard InChI is InChI=1S/C14H17N5O/c1-9(2)19-8-10(7-16-19)12-13(15)18-6-4-5-11(20-3)14(18)17-12/h4-9H,15H2,1-3H3. The lowest BCUT2D eigenvalue weighted by atomic mass is 10.2. The third-order valence-corrected chi connectivity index (χ3v) is 3.28. The molecule has 3 rings (SSSR count). The Bertz CT molecular complexity index is 756. The Morgan fingerprint density at radius 3 is 2.80 bits per heavy atom. The first-order chi connectivity index (χ1) is 9.61. The molecule has 0 radical (unpaired) electrons. The van der Waals surface area contributed by atoms with Crippen molar-refractivity contribution in [2.45, 2.75) is 19.9 Å². The zero-order valence-corrected chi connectivity index (χ0v) is 11.7. The van der Waals surface area contributed by atoms with Crippen molar-refractivity contribution in [3.05, 3.63) is 30.7 Å². The van der Waals surface area contributed by atoms with E-state index in [1.807, 2.05) is 33.6 Å². The zero-order valence-electron chi connectivity index (χ0n) is 11.7. The van der Waals surface area contributed by atoms with Crippen LogP contribution in [0.15, 0.2) is 30.7 Å². The molecule has 0 aliphatic heterocycles. The molecule has 3 aromatic heterocycles. The summed E-state index contributed by atoms with van der Waals surface area (Å²) in [6, 6.07) is 4.05. The Labute approximate surface area is 116 Å². The SMILES string of the molecule is COc1cccn2c(N)c(-c3cnn(C(C)C)c3)nc12. The van der Waals surface area contributed by atoms with Gasteiger partial charge in [0.2, 0.25) is 0 Å². The fourth-order valence-electron chi connectivity index (χ4n) is 2.18. The van der Waals surface area contributed by atoms with Gasteiger partial charge in [0.15, 0.2) is 11.4 Å². The summed E-state index contributed by atoms with van der Waals surface area (Å²) in [5.41, 5.74) is 8.52. The molecule has 0 aliphatic carbocycles. The maximum atomic E-state index is 6.19. The third kappa shape index (κ3) is 1.80. The lowest BCUT2D eigenvalue weighted by molar-refractivity contribution is 0.417. The first-order valence-electron chi connectivity index (χ1n) is 6.47. The quantitative estimate of drug-likeness (QED) is 0.794. The minimum atomic E-state index is 0.302. The van der Waals surface area contributed by atoms with E-state index in [2.05, 4.69) is 23.9 Å². The topological polar surface area (TPSA) is 70.4 Å². The van der Waals surface area contributed by atoms with Crippen molar-refractivity contribution < 1.29 is 4.74 Å². The fourth-order valence-corrected chi connectivity index (χ4v) is 2.18. The first-order valence-corrected chi connectivity index (χ1v) is 6.47. The summed E-state index contributed by atoms with van der Waals surface area (Å²) in [7, 11) is 1.62. The number of ether oxygens (including phenoxy) is 1. The Balaban J connectivity index is 2.18. The molecular formula is C14H17N5O. The third-order valence-electron chi connectivity index (χ3n) is 3.28. The molecule has 0 fully saturated rings. The number of fused-ring (bicyclic) bond motifs is 1. The zero-order chi connectivity index (χ0) is 14.3. The molecule has 0 amide bonds. The van der Waals surface area contributed by atoms with Gasteiger partial charge in [-0.05, 0) is 26.0 Å². The highest BCUT2D eigenvalue weighted by atomic mass is 16.5. The van der Waals surface area contributed by atoms with Gasteiger partial charge in [0.25, 0.3) is 0 Å². The number of aromatic nitrogens is 4. The van der Waals surface area contributed by atoms with Gasteiger partial charge in [-0.1, -0.05) is 0 Å². The molecular weight excluding hydrogens is 254 g/mol. The number of hydrogen-bond acceptors (Lipinski definition) is 4. The van der Waals surface area contributed by atoms with E-state index in [0.29, 0.717) is 23.3 Å². The van der Waals surface area contributed by atoms with Crippen molar-refractivity contribution in [2.75, 3.05) is 12.8 Å². The second-order valence-corrected chi connectivity index (χ2v) is 4.92. The van der Waals surface area contributed by atoms with E-state index < -0.39 is 0 Å². The van der Waals surface area contributed by atoms with Gasteiger partial charge in [0, 0.05) is 24.0 Å². The second-order valence-electron chi connectivity index (χ2n) is 4.92. The lowest BCUT2D eigenvalue weighted by Crippen LogP contribution is -1.99. The number of nitrogen functional groups attached to an aromatic ring is 1. The maximum absolute atomic E-state index is 6.19. The molecule has 0 aliphatic rings. The van der Waals surface area contributed by atoms with Crippen molar-refractivity contribution in [1.82, 2.24) is 19.2 Å². The Hall–Kier alpha value is -2.50. The Morgan fingerprint density at radius 2 is 2.15 bits per heavy atom. The number of anilines is 1. The number of nitrogens with zero attached hydrogens (tertiary/aromatic N) is 4. The van der Waals surface area contributed by atoms with Gasteiger partial charge >= 0.3 is 0 Å². The van der Waals surface area contributed by atoms with E-state index in [4.69, 9.17) is 10.5 Å². The molecule has 0 atom stereocenters. The van der Waals surface area contributed by atoms with Gasteiger partial charge in [0.1, 0.15) is 11.5 Å². The molecule has 0 saturated carbocycles. The van der Waals surface area contributed by atoms with Crippen molar-refractivity contribution in [2.24, 2.45) is 0 Å². The number of pyridine rings is 1. The first kappa shape index (κ1) is 12.5. The maximum Gasteiger partial charge on any atom is 0.181 e. The number of rotatable bonds is 3. The van der Waals surface area contributed by atoms with E-state index in [1.165, 1.54) is 0 Å². The highest BCUT2D eigenvalue weighted by Gasteiger charge is 2.15. The fraction of sp³-hybridized carbons (Fsp3) is 0.286. The monoisotopic (exact) mass is 271 g/mol. The summed E-state index contributed by atoms with van der Waals surface area (Å²) in [5, 5.41) is 4.33. The van der Waals surface area contributed by atoms with E-state index in [0.717, 1.165) is 11.3 Å². The van der Waals surface area contributed by atoms with Crippen LogP contribution in [0.5, 0.6) is 5.75 Å². The molecule has 6 nitrogen and oxygen atoms in total. The molecule has 0 bridgehead atoms. The van der Waals surface area contributed by atoms with E-state index in [-0.39, 0.29) is 0 Å². The molecule has 104 valence electrons. The van der Waals surface area contributed by atoms with Crippen LogP contribution >= 0.6 is 0 Å².